The van der Waals surface area contributed by atoms with Crippen LogP contribution in [0.1, 0.15) is 33.2 Å². The Balaban J connectivity index is 1.68. The van der Waals surface area contributed by atoms with Crippen molar-refractivity contribution in [1.82, 2.24) is 4.90 Å². The second kappa shape index (κ2) is 6.04. The molecule has 2 aromatic carbocycles. The van der Waals surface area contributed by atoms with Gasteiger partial charge < -0.3 is 10.2 Å². The number of rotatable bonds is 4. The highest BCUT2D eigenvalue weighted by Gasteiger charge is 2.28. The van der Waals surface area contributed by atoms with Crippen LogP contribution in [0.25, 0.3) is 0 Å². The first-order valence-electron chi connectivity index (χ1n) is 7.32. The summed E-state index contributed by atoms with van der Waals surface area (Å²) < 4.78 is 0. The summed E-state index contributed by atoms with van der Waals surface area (Å²) in [6, 6.07) is 14.1. The number of amides is 2. The molecule has 5 heteroatoms. The lowest BCUT2D eigenvalue weighted by molar-refractivity contribution is -0.114. The molecule has 0 unspecified atom stereocenters. The number of carbonyl (C=O) groups is 3. The minimum absolute atomic E-state index is 0.0486. The summed E-state index contributed by atoms with van der Waals surface area (Å²) in [6.45, 7) is 1.94. The quantitative estimate of drug-likeness (QED) is 0.882. The van der Waals surface area contributed by atoms with E-state index >= 15 is 0 Å². The van der Waals surface area contributed by atoms with Crippen molar-refractivity contribution in [1.29, 1.82) is 0 Å². The van der Waals surface area contributed by atoms with Gasteiger partial charge in [0.2, 0.25) is 5.91 Å². The Bertz CT molecular complexity index is 781. The third-order valence-corrected chi connectivity index (χ3v) is 3.76. The first-order chi connectivity index (χ1) is 11.0. The van der Waals surface area contributed by atoms with Crippen molar-refractivity contribution in [3.8, 4) is 0 Å². The molecule has 1 aliphatic heterocycles. The van der Waals surface area contributed by atoms with E-state index in [-0.39, 0.29) is 24.1 Å². The minimum atomic E-state index is -0.162. The highest BCUT2D eigenvalue weighted by atomic mass is 16.2. The molecule has 1 heterocycles. The number of Topliss-reactive ketones (excluding diaryl/α,β-unsaturated/α-hetero) is 1. The molecule has 0 radical (unpaired) electrons. The first kappa shape index (κ1) is 15.0. The molecule has 2 amide bonds. The number of anilines is 1. The minimum Gasteiger partial charge on any atom is -0.327 e. The zero-order valence-electron chi connectivity index (χ0n) is 12.7. The molecule has 1 N–H and O–H groups in total. The van der Waals surface area contributed by atoms with Crippen LogP contribution in [0.4, 0.5) is 5.69 Å². The maximum absolute atomic E-state index is 12.3. The average molecular weight is 308 g/mol. The zero-order valence-corrected chi connectivity index (χ0v) is 12.7. The zero-order chi connectivity index (χ0) is 16.4. The van der Waals surface area contributed by atoms with Crippen LogP contribution in [-0.4, -0.2) is 29.0 Å². The molecule has 23 heavy (non-hydrogen) atoms. The predicted molar refractivity (Wildman–Crippen MR) is 86.3 cm³/mol. The SMILES string of the molecule is CC(=O)Nc1ccc(C(=O)CN2Cc3ccccc3C2=O)cc1. The maximum Gasteiger partial charge on any atom is 0.254 e. The predicted octanol–water partition coefficient (Wildman–Crippen LogP) is 2.48. The number of nitrogens with zero attached hydrogens (tertiary/aromatic N) is 1. The number of hydrogen-bond donors (Lipinski definition) is 1. The number of hydrogen-bond acceptors (Lipinski definition) is 3. The molecule has 0 atom stereocenters. The molecule has 0 saturated heterocycles. The Kier molecular flexibility index (Phi) is 3.93. The van der Waals surface area contributed by atoms with Gasteiger partial charge in [-0.2, -0.15) is 0 Å². The fourth-order valence-corrected chi connectivity index (χ4v) is 2.65. The molecular formula is C18H16N2O3. The molecule has 0 fully saturated rings. The summed E-state index contributed by atoms with van der Waals surface area (Å²) in [4.78, 5) is 37.1. The number of fused-ring (bicyclic) bond motifs is 1. The number of ketones is 1. The Labute approximate surface area is 133 Å². The smallest absolute Gasteiger partial charge is 0.254 e. The molecule has 5 nitrogen and oxygen atoms in total. The first-order valence-corrected chi connectivity index (χ1v) is 7.32. The molecule has 0 bridgehead atoms. The van der Waals surface area contributed by atoms with Crippen LogP contribution >= 0.6 is 0 Å². The Hall–Kier alpha value is -2.95. The van der Waals surface area contributed by atoms with Crippen molar-refractivity contribution in [2.24, 2.45) is 0 Å². The molecule has 3 rings (SSSR count). The molecule has 0 spiro atoms. The molecule has 2 aromatic rings. The highest BCUT2D eigenvalue weighted by Crippen LogP contribution is 2.22. The van der Waals surface area contributed by atoms with Crippen LogP contribution in [-0.2, 0) is 11.3 Å². The lowest BCUT2D eigenvalue weighted by Crippen LogP contribution is -2.30. The van der Waals surface area contributed by atoms with Crippen LogP contribution < -0.4 is 5.32 Å². The van der Waals surface area contributed by atoms with Gasteiger partial charge in [0, 0.05) is 30.3 Å². The third-order valence-electron chi connectivity index (χ3n) is 3.76. The number of carbonyl (C=O) groups excluding carboxylic acids is 3. The standard InChI is InChI=1S/C18H16N2O3/c1-12(21)19-15-8-6-13(7-9-15)17(22)11-20-10-14-4-2-3-5-16(14)18(20)23/h2-9H,10-11H2,1H3,(H,19,21). The van der Waals surface area contributed by atoms with E-state index in [2.05, 4.69) is 5.32 Å². The summed E-state index contributed by atoms with van der Waals surface area (Å²) in [5, 5.41) is 2.65. The number of benzene rings is 2. The Morgan fingerprint density at radius 2 is 1.78 bits per heavy atom. The van der Waals surface area contributed by atoms with Crippen molar-refractivity contribution in [2.75, 3.05) is 11.9 Å². The van der Waals surface area contributed by atoms with Crippen LogP contribution in [0, 0.1) is 0 Å². The van der Waals surface area contributed by atoms with Crippen LogP contribution in [0.15, 0.2) is 48.5 Å². The van der Waals surface area contributed by atoms with E-state index in [1.807, 2.05) is 18.2 Å². The fourth-order valence-electron chi connectivity index (χ4n) is 2.65. The Morgan fingerprint density at radius 3 is 2.43 bits per heavy atom. The molecule has 0 aliphatic carbocycles. The fraction of sp³-hybridized carbons (Fsp3) is 0.167. The van der Waals surface area contributed by atoms with Crippen molar-refractivity contribution < 1.29 is 14.4 Å². The van der Waals surface area contributed by atoms with Gasteiger partial charge in [-0.25, -0.2) is 0 Å². The molecular weight excluding hydrogens is 292 g/mol. The van der Waals surface area contributed by atoms with E-state index in [1.165, 1.54) is 6.92 Å². The lowest BCUT2D eigenvalue weighted by Gasteiger charge is -2.14. The van der Waals surface area contributed by atoms with E-state index in [0.29, 0.717) is 23.4 Å². The highest BCUT2D eigenvalue weighted by molar-refractivity contribution is 6.04. The van der Waals surface area contributed by atoms with Gasteiger partial charge in [-0.15, -0.1) is 0 Å². The van der Waals surface area contributed by atoms with E-state index in [1.54, 1.807) is 35.2 Å². The third kappa shape index (κ3) is 3.13. The van der Waals surface area contributed by atoms with E-state index in [4.69, 9.17) is 0 Å². The second-order valence-electron chi connectivity index (χ2n) is 5.50. The number of nitrogens with one attached hydrogen (secondary N) is 1. The lowest BCUT2D eigenvalue weighted by atomic mass is 10.1. The van der Waals surface area contributed by atoms with Gasteiger partial charge in [0.25, 0.3) is 5.91 Å². The van der Waals surface area contributed by atoms with E-state index < -0.39 is 0 Å². The van der Waals surface area contributed by atoms with E-state index in [0.717, 1.165) is 5.56 Å². The van der Waals surface area contributed by atoms with Crippen LogP contribution in [0.3, 0.4) is 0 Å². The van der Waals surface area contributed by atoms with Gasteiger partial charge in [-0.1, -0.05) is 18.2 Å². The average Bonchev–Trinajstić information content (AvgIpc) is 2.84. The van der Waals surface area contributed by atoms with Gasteiger partial charge in [0.1, 0.15) is 0 Å². The topological polar surface area (TPSA) is 66.5 Å². The maximum atomic E-state index is 12.3. The molecule has 116 valence electrons. The van der Waals surface area contributed by atoms with Gasteiger partial charge in [-0.05, 0) is 35.9 Å². The summed E-state index contributed by atoms with van der Waals surface area (Å²) in [5.41, 5.74) is 2.77. The summed E-state index contributed by atoms with van der Waals surface area (Å²) in [5.74, 6) is -0.395. The molecule has 0 saturated carbocycles. The van der Waals surface area contributed by atoms with Gasteiger partial charge in [0.05, 0.1) is 6.54 Å². The summed E-state index contributed by atoms with van der Waals surface area (Å²) in [6.07, 6.45) is 0. The Morgan fingerprint density at radius 1 is 1.09 bits per heavy atom. The summed E-state index contributed by atoms with van der Waals surface area (Å²) >= 11 is 0. The van der Waals surface area contributed by atoms with Crippen molar-refractivity contribution in [2.45, 2.75) is 13.5 Å². The van der Waals surface area contributed by atoms with Crippen LogP contribution in [0.2, 0.25) is 0 Å². The van der Waals surface area contributed by atoms with Gasteiger partial charge in [0.15, 0.2) is 5.78 Å². The van der Waals surface area contributed by atoms with Gasteiger partial charge >= 0.3 is 0 Å². The van der Waals surface area contributed by atoms with Crippen LogP contribution in [0.5, 0.6) is 0 Å². The largest absolute Gasteiger partial charge is 0.327 e. The monoisotopic (exact) mass is 308 g/mol. The molecule has 0 aromatic heterocycles. The second-order valence-corrected chi connectivity index (χ2v) is 5.50. The van der Waals surface area contributed by atoms with Crippen molar-refractivity contribution >= 4 is 23.3 Å². The van der Waals surface area contributed by atoms with Gasteiger partial charge in [-0.3, -0.25) is 14.4 Å². The normalized spacial score (nSPS) is 12.9. The van der Waals surface area contributed by atoms with Crippen molar-refractivity contribution in [3.63, 3.8) is 0 Å². The molecule has 1 aliphatic rings. The summed E-state index contributed by atoms with van der Waals surface area (Å²) in [7, 11) is 0. The van der Waals surface area contributed by atoms with E-state index in [9.17, 15) is 14.4 Å². The van der Waals surface area contributed by atoms with Crippen molar-refractivity contribution in [3.05, 3.63) is 65.2 Å².